The molecule has 39 heavy (non-hydrogen) atoms. The summed E-state index contributed by atoms with van der Waals surface area (Å²) < 4.78 is 19.7. The number of halogens is 1. The number of benzene rings is 3. The minimum absolute atomic E-state index is 0.0462. The molecule has 0 spiro atoms. The van der Waals surface area contributed by atoms with Crippen molar-refractivity contribution in [1.29, 1.82) is 0 Å². The summed E-state index contributed by atoms with van der Waals surface area (Å²) in [4.78, 5) is 31.0. The number of aromatic nitrogens is 1. The number of carbonyl (C=O) groups excluding carboxylic acids is 2. The van der Waals surface area contributed by atoms with Gasteiger partial charge >= 0.3 is 0 Å². The monoisotopic (exact) mass is 517 g/mol. The molecule has 1 fully saturated rings. The van der Waals surface area contributed by atoms with Gasteiger partial charge < -0.3 is 4.42 Å². The summed E-state index contributed by atoms with van der Waals surface area (Å²) in [6, 6.07) is 23.4. The molecule has 2 aromatic heterocycles. The van der Waals surface area contributed by atoms with E-state index in [-0.39, 0.29) is 22.8 Å². The lowest BCUT2D eigenvalue weighted by molar-refractivity contribution is 0.0966. The van der Waals surface area contributed by atoms with Gasteiger partial charge in [0.05, 0.1) is 5.56 Å². The molecular formula is C34H28FNO3. The third-order valence-electron chi connectivity index (χ3n) is 7.83. The zero-order valence-electron chi connectivity index (χ0n) is 22.0. The Kier molecular flexibility index (Phi) is 6.22. The Balaban J connectivity index is 1.39. The maximum atomic E-state index is 13.6. The first-order valence-corrected chi connectivity index (χ1v) is 13.3. The molecular weight excluding hydrogens is 489 g/mol. The van der Waals surface area contributed by atoms with E-state index in [0.717, 1.165) is 35.2 Å². The molecule has 0 amide bonds. The normalized spacial score (nSPS) is 13.9. The molecule has 0 saturated heterocycles. The number of Topliss-reactive ketones (excluding diaryl/α,β-unsaturated/α-hetero) is 2. The number of fused-ring (bicyclic) bond motifs is 1. The molecule has 0 N–H and O–H groups in total. The second-order valence-electron chi connectivity index (χ2n) is 10.4. The maximum absolute atomic E-state index is 13.6. The van der Waals surface area contributed by atoms with Crippen LogP contribution >= 0.6 is 0 Å². The van der Waals surface area contributed by atoms with E-state index in [9.17, 15) is 14.0 Å². The molecule has 0 radical (unpaired) electrons. The van der Waals surface area contributed by atoms with E-state index in [1.807, 2.05) is 68.4 Å². The van der Waals surface area contributed by atoms with Crippen LogP contribution in [0.15, 0.2) is 89.5 Å². The van der Waals surface area contributed by atoms with E-state index in [1.54, 1.807) is 18.3 Å². The first-order valence-electron chi connectivity index (χ1n) is 13.3. The number of furan rings is 1. The van der Waals surface area contributed by atoms with Gasteiger partial charge in [-0.1, -0.05) is 31.2 Å². The maximum Gasteiger partial charge on any atom is 0.167 e. The lowest BCUT2D eigenvalue weighted by atomic mass is 9.89. The summed E-state index contributed by atoms with van der Waals surface area (Å²) in [6.45, 7) is 3.83. The zero-order valence-corrected chi connectivity index (χ0v) is 22.0. The Morgan fingerprint density at radius 2 is 1.69 bits per heavy atom. The number of carbonyl (C=O) groups is 2. The van der Waals surface area contributed by atoms with Crippen LogP contribution in [0.2, 0.25) is 0 Å². The number of rotatable bonds is 8. The molecule has 0 atom stereocenters. The standard InChI is InChI=1S/C34H28FNO3/c1-3-28(37)32-27-18-23(11-14-30(27)39-33(32)22-9-12-25(35)13-10-22)26-19-24(8-7-21(26)2)29(38)20-34(15-16-34)31-6-4-5-17-36-31/h4-14,17-19H,3,15-16,20H2,1-2H3. The van der Waals surface area contributed by atoms with Gasteiger partial charge in [-0.3, -0.25) is 14.6 Å². The molecule has 0 unspecified atom stereocenters. The highest BCUT2D eigenvalue weighted by Crippen LogP contribution is 2.50. The van der Waals surface area contributed by atoms with Gasteiger partial charge in [0.1, 0.15) is 17.2 Å². The quantitative estimate of drug-likeness (QED) is 0.194. The van der Waals surface area contributed by atoms with Crippen LogP contribution in [-0.2, 0) is 5.41 Å². The van der Waals surface area contributed by atoms with Gasteiger partial charge in [-0.25, -0.2) is 4.39 Å². The molecule has 6 rings (SSSR count). The van der Waals surface area contributed by atoms with Crippen molar-refractivity contribution in [3.63, 3.8) is 0 Å². The van der Waals surface area contributed by atoms with Gasteiger partial charge in [0.25, 0.3) is 0 Å². The van der Waals surface area contributed by atoms with E-state index in [4.69, 9.17) is 4.42 Å². The number of pyridine rings is 1. The fraction of sp³-hybridized carbons (Fsp3) is 0.206. The summed E-state index contributed by atoms with van der Waals surface area (Å²) in [5.41, 5.74) is 6.09. The average molecular weight is 518 g/mol. The lowest BCUT2D eigenvalue weighted by Gasteiger charge is -2.15. The van der Waals surface area contributed by atoms with Crippen LogP contribution in [0.1, 0.15) is 64.6 Å². The summed E-state index contributed by atoms with van der Waals surface area (Å²) in [5, 5.41) is 0.710. The Hall–Kier alpha value is -4.38. The third-order valence-corrected chi connectivity index (χ3v) is 7.83. The van der Waals surface area contributed by atoms with Crippen molar-refractivity contribution in [1.82, 2.24) is 4.98 Å². The smallest absolute Gasteiger partial charge is 0.167 e. The second-order valence-corrected chi connectivity index (χ2v) is 10.4. The molecule has 0 bridgehead atoms. The van der Waals surface area contributed by atoms with Crippen molar-refractivity contribution < 1.29 is 18.4 Å². The highest BCUT2D eigenvalue weighted by atomic mass is 19.1. The molecule has 0 aliphatic heterocycles. The van der Waals surface area contributed by atoms with Crippen LogP contribution in [0.25, 0.3) is 33.4 Å². The molecule has 1 saturated carbocycles. The predicted octanol–water partition coefficient (Wildman–Crippen LogP) is 8.51. The van der Waals surface area contributed by atoms with Crippen LogP contribution in [0.3, 0.4) is 0 Å². The molecule has 5 aromatic rings. The predicted molar refractivity (Wildman–Crippen MR) is 150 cm³/mol. The van der Waals surface area contributed by atoms with E-state index in [1.165, 1.54) is 12.1 Å². The molecule has 2 heterocycles. The van der Waals surface area contributed by atoms with Crippen molar-refractivity contribution in [3.05, 3.63) is 113 Å². The van der Waals surface area contributed by atoms with Gasteiger partial charge in [0, 0.05) is 46.7 Å². The van der Waals surface area contributed by atoms with Gasteiger partial charge in [-0.2, -0.15) is 0 Å². The van der Waals surface area contributed by atoms with Gasteiger partial charge in [-0.15, -0.1) is 0 Å². The Morgan fingerprint density at radius 1 is 0.923 bits per heavy atom. The van der Waals surface area contributed by atoms with E-state index >= 15 is 0 Å². The van der Waals surface area contributed by atoms with Crippen LogP contribution in [0.5, 0.6) is 0 Å². The molecule has 1 aliphatic carbocycles. The molecule has 3 aromatic carbocycles. The van der Waals surface area contributed by atoms with Gasteiger partial charge in [0.15, 0.2) is 11.6 Å². The second kappa shape index (κ2) is 9.73. The Morgan fingerprint density at radius 3 is 2.38 bits per heavy atom. The van der Waals surface area contributed by atoms with Gasteiger partial charge in [0.2, 0.25) is 0 Å². The Bertz CT molecular complexity index is 1710. The first kappa shape index (κ1) is 24.9. The van der Waals surface area contributed by atoms with Crippen LogP contribution in [-0.4, -0.2) is 16.6 Å². The number of ketones is 2. The van der Waals surface area contributed by atoms with E-state index in [2.05, 4.69) is 4.98 Å². The minimum Gasteiger partial charge on any atom is -0.455 e. The number of nitrogens with zero attached hydrogens (tertiary/aromatic N) is 1. The molecule has 5 heteroatoms. The summed E-state index contributed by atoms with van der Waals surface area (Å²) >= 11 is 0. The number of hydrogen-bond donors (Lipinski definition) is 0. The van der Waals surface area contributed by atoms with E-state index in [0.29, 0.717) is 46.3 Å². The molecule has 4 nitrogen and oxygen atoms in total. The summed E-state index contributed by atoms with van der Waals surface area (Å²) in [6.07, 6.45) is 4.47. The number of hydrogen-bond acceptors (Lipinski definition) is 4. The van der Waals surface area contributed by atoms with E-state index < -0.39 is 0 Å². The molecule has 1 aliphatic rings. The Labute approximate surface area is 226 Å². The largest absolute Gasteiger partial charge is 0.455 e. The molecule has 194 valence electrons. The minimum atomic E-state index is -0.349. The summed E-state index contributed by atoms with van der Waals surface area (Å²) in [7, 11) is 0. The fourth-order valence-corrected chi connectivity index (χ4v) is 5.39. The first-order chi connectivity index (χ1) is 18.9. The highest BCUT2D eigenvalue weighted by molar-refractivity contribution is 6.12. The van der Waals surface area contributed by atoms with Crippen molar-refractivity contribution >= 4 is 22.5 Å². The summed E-state index contributed by atoms with van der Waals surface area (Å²) in [5.74, 6) is 0.149. The fourth-order valence-electron chi connectivity index (χ4n) is 5.39. The van der Waals surface area contributed by atoms with Crippen molar-refractivity contribution in [2.45, 2.75) is 44.9 Å². The van der Waals surface area contributed by atoms with Crippen molar-refractivity contribution in [3.8, 4) is 22.5 Å². The zero-order chi connectivity index (χ0) is 27.1. The van der Waals surface area contributed by atoms with Crippen LogP contribution in [0.4, 0.5) is 4.39 Å². The van der Waals surface area contributed by atoms with Crippen LogP contribution in [0, 0.1) is 12.7 Å². The highest BCUT2D eigenvalue weighted by Gasteiger charge is 2.47. The number of aryl methyl sites for hydroxylation is 1. The van der Waals surface area contributed by atoms with Crippen LogP contribution < -0.4 is 0 Å². The van der Waals surface area contributed by atoms with Crippen molar-refractivity contribution in [2.75, 3.05) is 0 Å². The lowest BCUT2D eigenvalue weighted by Crippen LogP contribution is -2.15. The average Bonchev–Trinajstić information content (AvgIpc) is 3.65. The SMILES string of the molecule is CCC(=O)c1c(-c2ccc(F)cc2)oc2ccc(-c3cc(C(=O)CC4(c5ccccn5)CC4)ccc3C)cc12. The van der Waals surface area contributed by atoms with Crippen molar-refractivity contribution in [2.24, 2.45) is 0 Å². The third kappa shape index (κ3) is 4.59. The topological polar surface area (TPSA) is 60.2 Å². The van der Waals surface area contributed by atoms with Gasteiger partial charge in [-0.05, 0) is 91.1 Å².